The molecule has 0 bridgehead atoms. The van der Waals surface area contributed by atoms with E-state index in [4.69, 9.17) is 11.6 Å². The molecule has 84 valence electrons. The molecule has 2 nitrogen and oxygen atoms in total. The van der Waals surface area contributed by atoms with Crippen LogP contribution in [0, 0.1) is 0 Å². The molecule has 0 saturated heterocycles. The van der Waals surface area contributed by atoms with Crippen LogP contribution in [0.5, 0.6) is 0 Å². The first-order chi connectivity index (χ1) is 7.81. The fourth-order valence-electron chi connectivity index (χ4n) is 1.56. The summed E-state index contributed by atoms with van der Waals surface area (Å²) in [6, 6.07) is 7.92. The van der Waals surface area contributed by atoms with Crippen LogP contribution in [0.4, 0.5) is 0 Å². The van der Waals surface area contributed by atoms with Crippen LogP contribution in [0.25, 0.3) is 10.4 Å². The molecule has 0 saturated carbocycles. The van der Waals surface area contributed by atoms with Crippen LogP contribution in [0.15, 0.2) is 29.8 Å². The van der Waals surface area contributed by atoms with E-state index < -0.39 is 0 Å². The molecule has 0 aliphatic heterocycles. The van der Waals surface area contributed by atoms with Gasteiger partial charge in [0.1, 0.15) is 0 Å². The van der Waals surface area contributed by atoms with Gasteiger partial charge in [-0.1, -0.05) is 23.7 Å². The van der Waals surface area contributed by atoms with Crippen LogP contribution in [-0.2, 0) is 6.42 Å². The number of benzene rings is 1. The molecule has 16 heavy (non-hydrogen) atoms. The first-order valence-electron chi connectivity index (χ1n) is 5.14. The number of rotatable bonds is 4. The van der Waals surface area contributed by atoms with Crippen molar-refractivity contribution in [3.8, 4) is 10.4 Å². The largest absolute Gasteiger partial charge is 0.319 e. The number of nitrogens with one attached hydrogen (secondary N) is 1. The number of halogens is 1. The summed E-state index contributed by atoms with van der Waals surface area (Å²) in [5, 5.41) is 3.90. The molecular weight excluding hydrogens is 240 g/mol. The van der Waals surface area contributed by atoms with Crippen LogP contribution in [0.3, 0.4) is 0 Å². The highest BCUT2D eigenvalue weighted by Gasteiger charge is 2.08. The van der Waals surface area contributed by atoms with Crippen molar-refractivity contribution in [2.75, 3.05) is 13.6 Å². The number of aromatic nitrogens is 1. The van der Waals surface area contributed by atoms with Gasteiger partial charge in [0, 0.05) is 18.0 Å². The summed E-state index contributed by atoms with van der Waals surface area (Å²) in [4.78, 5) is 5.62. The molecule has 0 amide bonds. The first kappa shape index (κ1) is 11.6. The number of hydrogen-bond donors (Lipinski definition) is 1. The Hall–Kier alpha value is -0.900. The number of thiazole rings is 1. The summed E-state index contributed by atoms with van der Waals surface area (Å²) in [5.74, 6) is 0. The van der Waals surface area contributed by atoms with E-state index in [9.17, 15) is 0 Å². The van der Waals surface area contributed by atoms with E-state index in [1.54, 1.807) is 11.3 Å². The molecule has 0 radical (unpaired) electrons. The van der Waals surface area contributed by atoms with Gasteiger partial charge in [-0.3, -0.25) is 0 Å². The number of hydrogen-bond acceptors (Lipinski definition) is 3. The Morgan fingerprint density at radius 2 is 2.31 bits per heavy atom. The third-order valence-corrected chi connectivity index (χ3v) is 3.49. The SMILES string of the molecule is CNCCc1ncsc1-c1cccc(Cl)c1. The van der Waals surface area contributed by atoms with Crippen molar-refractivity contribution >= 4 is 22.9 Å². The Kier molecular flexibility index (Phi) is 3.93. The molecule has 2 rings (SSSR count). The lowest BCUT2D eigenvalue weighted by Crippen LogP contribution is -2.10. The Morgan fingerprint density at radius 1 is 1.44 bits per heavy atom. The molecule has 4 heteroatoms. The van der Waals surface area contributed by atoms with Gasteiger partial charge in [0.15, 0.2) is 0 Å². The van der Waals surface area contributed by atoms with Gasteiger partial charge >= 0.3 is 0 Å². The zero-order chi connectivity index (χ0) is 11.4. The molecule has 0 fully saturated rings. The van der Waals surface area contributed by atoms with Gasteiger partial charge in [0.2, 0.25) is 0 Å². The Labute approximate surface area is 104 Å². The van der Waals surface area contributed by atoms with Gasteiger partial charge in [-0.05, 0) is 24.7 Å². The van der Waals surface area contributed by atoms with E-state index >= 15 is 0 Å². The Balaban J connectivity index is 2.29. The van der Waals surface area contributed by atoms with E-state index in [0.29, 0.717) is 0 Å². The third kappa shape index (κ3) is 2.61. The van der Waals surface area contributed by atoms with Crippen molar-refractivity contribution in [2.45, 2.75) is 6.42 Å². The summed E-state index contributed by atoms with van der Waals surface area (Å²) in [6.07, 6.45) is 0.946. The minimum atomic E-state index is 0.769. The van der Waals surface area contributed by atoms with Crippen molar-refractivity contribution in [3.05, 3.63) is 40.5 Å². The van der Waals surface area contributed by atoms with E-state index in [2.05, 4.69) is 16.4 Å². The molecule has 0 spiro atoms. The maximum absolute atomic E-state index is 5.99. The second-order valence-corrected chi connectivity index (χ2v) is 4.78. The van der Waals surface area contributed by atoms with Crippen molar-refractivity contribution in [3.63, 3.8) is 0 Å². The lowest BCUT2D eigenvalue weighted by molar-refractivity contribution is 0.781. The van der Waals surface area contributed by atoms with Gasteiger partial charge in [-0.15, -0.1) is 11.3 Å². The summed E-state index contributed by atoms with van der Waals surface area (Å²) in [5.41, 5.74) is 4.18. The first-order valence-corrected chi connectivity index (χ1v) is 6.40. The summed E-state index contributed by atoms with van der Waals surface area (Å²) >= 11 is 7.65. The Bertz CT molecular complexity index is 468. The molecule has 1 N–H and O–H groups in total. The fourth-order valence-corrected chi connectivity index (χ4v) is 2.58. The average Bonchev–Trinajstić information content (AvgIpc) is 2.74. The van der Waals surface area contributed by atoms with Gasteiger partial charge in [-0.25, -0.2) is 4.98 Å². The maximum atomic E-state index is 5.99. The molecular formula is C12H13ClN2S. The summed E-state index contributed by atoms with van der Waals surface area (Å²) in [7, 11) is 1.95. The molecule has 0 aliphatic carbocycles. The van der Waals surface area contributed by atoms with Gasteiger partial charge in [0.25, 0.3) is 0 Å². The standard InChI is InChI=1S/C12H13ClN2S/c1-14-6-5-11-12(16-8-15-11)9-3-2-4-10(13)7-9/h2-4,7-8,14H,5-6H2,1H3. The third-order valence-electron chi connectivity index (χ3n) is 2.34. The molecule has 2 aromatic rings. The smallest absolute Gasteiger partial charge is 0.0801 e. The minimum Gasteiger partial charge on any atom is -0.319 e. The zero-order valence-corrected chi connectivity index (χ0v) is 10.6. The van der Waals surface area contributed by atoms with E-state index in [0.717, 1.165) is 29.2 Å². The average molecular weight is 253 g/mol. The highest BCUT2D eigenvalue weighted by molar-refractivity contribution is 7.13. The predicted octanol–water partition coefficient (Wildman–Crippen LogP) is 3.23. The van der Waals surface area contributed by atoms with Crippen LogP contribution >= 0.6 is 22.9 Å². The quantitative estimate of drug-likeness (QED) is 0.904. The Morgan fingerprint density at radius 3 is 3.06 bits per heavy atom. The van der Waals surface area contributed by atoms with E-state index in [1.165, 1.54) is 4.88 Å². The molecule has 0 atom stereocenters. The fraction of sp³-hybridized carbons (Fsp3) is 0.250. The van der Waals surface area contributed by atoms with Crippen LogP contribution in [-0.4, -0.2) is 18.6 Å². The van der Waals surface area contributed by atoms with Gasteiger partial charge in [0.05, 0.1) is 16.1 Å². The highest BCUT2D eigenvalue weighted by Crippen LogP contribution is 2.29. The lowest BCUT2D eigenvalue weighted by Gasteiger charge is -2.02. The second-order valence-electron chi connectivity index (χ2n) is 3.49. The van der Waals surface area contributed by atoms with Crippen LogP contribution in [0.1, 0.15) is 5.69 Å². The van der Waals surface area contributed by atoms with Crippen LogP contribution < -0.4 is 5.32 Å². The van der Waals surface area contributed by atoms with E-state index in [-0.39, 0.29) is 0 Å². The molecule has 1 aromatic carbocycles. The second kappa shape index (κ2) is 5.43. The van der Waals surface area contributed by atoms with Crippen LogP contribution in [0.2, 0.25) is 5.02 Å². The normalized spacial score (nSPS) is 10.6. The minimum absolute atomic E-state index is 0.769. The number of nitrogens with zero attached hydrogens (tertiary/aromatic N) is 1. The van der Waals surface area contributed by atoms with Crippen molar-refractivity contribution < 1.29 is 0 Å². The summed E-state index contributed by atoms with van der Waals surface area (Å²) < 4.78 is 0. The molecule has 0 aliphatic rings. The van der Waals surface area contributed by atoms with Crippen molar-refractivity contribution in [1.82, 2.24) is 10.3 Å². The molecule has 1 heterocycles. The van der Waals surface area contributed by atoms with Crippen molar-refractivity contribution in [1.29, 1.82) is 0 Å². The van der Waals surface area contributed by atoms with Gasteiger partial charge in [-0.2, -0.15) is 0 Å². The molecule has 1 aromatic heterocycles. The van der Waals surface area contributed by atoms with Crippen molar-refractivity contribution in [2.24, 2.45) is 0 Å². The monoisotopic (exact) mass is 252 g/mol. The number of likely N-dealkylation sites (N-methyl/N-ethyl adjacent to an activating group) is 1. The predicted molar refractivity (Wildman–Crippen MR) is 70.2 cm³/mol. The van der Waals surface area contributed by atoms with E-state index in [1.807, 2.05) is 30.8 Å². The highest BCUT2D eigenvalue weighted by atomic mass is 35.5. The topological polar surface area (TPSA) is 24.9 Å². The summed E-state index contributed by atoms with van der Waals surface area (Å²) in [6.45, 7) is 0.942. The molecule has 0 unspecified atom stereocenters. The lowest BCUT2D eigenvalue weighted by atomic mass is 10.1. The zero-order valence-electron chi connectivity index (χ0n) is 9.03. The van der Waals surface area contributed by atoms with Gasteiger partial charge < -0.3 is 5.32 Å². The maximum Gasteiger partial charge on any atom is 0.0801 e.